The lowest BCUT2D eigenvalue weighted by molar-refractivity contribution is 0.122. The van der Waals surface area contributed by atoms with Crippen LogP contribution in [0.3, 0.4) is 0 Å². The molecular weight excluding hydrogens is 528 g/mol. The Bertz CT molecular complexity index is 1260. The van der Waals surface area contributed by atoms with Gasteiger partial charge in [-0.15, -0.1) is 0 Å². The van der Waals surface area contributed by atoms with Crippen molar-refractivity contribution in [3.63, 3.8) is 0 Å². The van der Waals surface area contributed by atoms with Crippen LogP contribution in [0.2, 0.25) is 0 Å². The summed E-state index contributed by atoms with van der Waals surface area (Å²) in [5, 5.41) is 0. The number of methoxy groups -OCH3 is 1. The van der Waals surface area contributed by atoms with Gasteiger partial charge in [0.05, 0.1) is 25.8 Å². The van der Waals surface area contributed by atoms with Crippen molar-refractivity contribution in [2.45, 2.75) is 31.7 Å². The van der Waals surface area contributed by atoms with E-state index in [-0.39, 0.29) is 12.0 Å². The van der Waals surface area contributed by atoms with Gasteiger partial charge < -0.3 is 25.0 Å². The molecular formula is C25H35F2N9O2S. The van der Waals surface area contributed by atoms with E-state index in [4.69, 9.17) is 30.2 Å². The third-order valence-electron chi connectivity index (χ3n) is 7.10. The minimum atomic E-state index is -2.85. The van der Waals surface area contributed by atoms with Crippen LogP contribution in [-0.4, -0.2) is 101 Å². The number of hydrogen-bond acceptors (Lipinski definition) is 11. The van der Waals surface area contributed by atoms with Crippen LogP contribution in [0.25, 0.3) is 17.0 Å². The highest BCUT2D eigenvalue weighted by Gasteiger charge is 2.30. The molecule has 1 unspecified atom stereocenters. The quantitative estimate of drug-likeness (QED) is 0.368. The molecule has 3 aromatic rings. The van der Waals surface area contributed by atoms with Crippen LogP contribution in [0, 0.1) is 0 Å². The predicted molar refractivity (Wildman–Crippen MR) is 148 cm³/mol. The molecule has 2 fully saturated rings. The van der Waals surface area contributed by atoms with E-state index in [1.807, 2.05) is 4.90 Å². The molecule has 4 heterocycles. The summed E-state index contributed by atoms with van der Waals surface area (Å²) >= 11 is 1.72. The predicted octanol–water partition coefficient (Wildman–Crippen LogP) is 2.89. The van der Waals surface area contributed by atoms with Crippen LogP contribution in [0.4, 0.5) is 20.7 Å². The second-order valence-corrected chi connectivity index (χ2v) is 10.4. The molecule has 14 heteroatoms. The molecule has 2 aliphatic heterocycles. The molecule has 1 aromatic carbocycles. The maximum absolute atomic E-state index is 14.4. The molecule has 2 aliphatic rings. The third-order valence-corrected chi connectivity index (χ3v) is 7.95. The van der Waals surface area contributed by atoms with E-state index in [1.165, 1.54) is 11.7 Å². The van der Waals surface area contributed by atoms with E-state index >= 15 is 0 Å². The number of ether oxygens (including phenoxy) is 2. The summed E-state index contributed by atoms with van der Waals surface area (Å²) in [5.74, 6) is 0.938. The maximum atomic E-state index is 14.4. The Labute approximate surface area is 230 Å². The normalized spacial score (nSPS) is 18.7. The zero-order valence-corrected chi connectivity index (χ0v) is 23.1. The number of piperidine rings is 1. The molecule has 0 saturated carbocycles. The molecule has 0 radical (unpaired) electrons. The molecule has 212 valence electrons. The first-order valence-corrected chi connectivity index (χ1v) is 14.4. The van der Waals surface area contributed by atoms with E-state index in [0.29, 0.717) is 68.1 Å². The van der Waals surface area contributed by atoms with Gasteiger partial charge in [0, 0.05) is 38.8 Å². The molecule has 2 saturated heterocycles. The topological polar surface area (TPSA) is 111 Å². The number of benzene rings is 1. The number of anilines is 2. The van der Waals surface area contributed by atoms with Crippen molar-refractivity contribution in [2.75, 3.05) is 75.6 Å². The summed E-state index contributed by atoms with van der Waals surface area (Å²) < 4.78 is 43.4. The summed E-state index contributed by atoms with van der Waals surface area (Å²) in [4.78, 5) is 22.9. The number of imidazole rings is 1. The number of fused-ring (bicyclic) bond motifs is 1. The van der Waals surface area contributed by atoms with Gasteiger partial charge in [-0.05, 0) is 44.2 Å². The summed E-state index contributed by atoms with van der Waals surface area (Å²) in [6.07, 6.45) is 1.99. The summed E-state index contributed by atoms with van der Waals surface area (Å²) in [6, 6.07) is 5.31. The second-order valence-electron chi connectivity index (χ2n) is 9.47. The fourth-order valence-electron chi connectivity index (χ4n) is 5.14. The second kappa shape index (κ2) is 12.6. The standard InChI is InChI=1S/C25H35F2N9O2S/c1-37-19-8-3-7-18-20(19)29-22(21(26)27)36(18)25-31-23(33-12-14-38-15-13-33)30-24(32-25)35(11-5-9-28)17-6-4-10-34(16-17)39-2/h3,7-8,17,21H,4-6,9-16,28H2,1-2H3. The van der Waals surface area contributed by atoms with E-state index in [1.54, 1.807) is 30.1 Å². The van der Waals surface area contributed by atoms with Gasteiger partial charge in [0.2, 0.25) is 17.8 Å². The van der Waals surface area contributed by atoms with Crippen molar-refractivity contribution in [3.05, 3.63) is 24.0 Å². The Hall–Kier alpha value is -2.81. The Morgan fingerprint density at radius 3 is 2.67 bits per heavy atom. The van der Waals surface area contributed by atoms with Gasteiger partial charge in [-0.2, -0.15) is 15.0 Å². The third kappa shape index (κ3) is 5.88. The largest absolute Gasteiger partial charge is 0.494 e. The first-order valence-electron chi connectivity index (χ1n) is 13.2. The first-order chi connectivity index (χ1) is 19.0. The Morgan fingerprint density at radius 1 is 1.15 bits per heavy atom. The number of aromatic nitrogens is 5. The van der Waals surface area contributed by atoms with Crippen LogP contribution in [0.1, 0.15) is 31.5 Å². The molecule has 5 rings (SSSR count). The number of nitrogens with zero attached hydrogens (tertiary/aromatic N) is 8. The number of morpholine rings is 1. The number of halogens is 2. The summed E-state index contributed by atoms with van der Waals surface area (Å²) in [5.41, 5.74) is 6.68. The highest BCUT2D eigenvalue weighted by molar-refractivity contribution is 7.96. The van der Waals surface area contributed by atoms with Crippen molar-refractivity contribution in [1.29, 1.82) is 0 Å². The van der Waals surface area contributed by atoms with Gasteiger partial charge in [0.15, 0.2) is 5.82 Å². The Kier molecular flexibility index (Phi) is 8.95. The van der Waals surface area contributed by atoms with Crippen LogP contribution < -0.4 is 20.3 Å². The van der Waals surface area contributed by atoms with Gasteiger partial charge >= 0.3 is 0 Å². The van der Waals surface area contributed by atoms with E-state index < -0.39 is 12.2 Å². The van der Waals surface area contributed by atoms with Crippen molar-refractivity contribution in [1.82, 2.24) is 28.8 Å². The molecule has 1 atom stereocenters. The number of hydrogen-bond donors (Lipinski definition) is 1. The maximum Gasteiger partial charge on any atom is 0.296 e. The summed E-state index contributed by atoms with van der Waals surface area (Å²) in [7, 11) is 1.49. The highest BCUT2D eigenvalue weighted by atomic mass is 32.2. The van der Waals surface area contributed by atoms with Gasteiger partial charge in [-0.1, -0.05) is 18.0 Å². The Balaban J connectivity index is 1.67. The van der Waals surface area contributed by atoms with Crippen LogP contribution in [-0.2, 0) is 4.74 Å². The smallest absolute Gasteiger partial charge is 0.296 e. The lowest BCUT2D eigenvalue weighted by Gasteiger charge is -2.39. The fourth-order valence-corrected chi connectivity index (χ4v) is 5.77. The number of alkyl halides is 2. The zero-order valence-electron chi connectivity index (χ0n) is 22.3. The minimum Gasteiger partial charge on any atom is -0.494 e. The average molecular weight is 564 g/mol. The lowest BCUT2D eigenvalue weighted by atomic mass is 10.1. The monoisotopic (exact) mass is 563 g/mol. The van der Waals surface area contributed by atoms with Crippen LogP contribution in [0.15, 0.2) is 18.2 Å². The molecule has 2 aromatic heterocycles. The van der Waals surface area contributed by atoms with Crippen molar-refractivity contribution < 1.29 is 18.3 Å². The van der Waals surface area contributed by atoms with Gasteiger partial charge in [-0.3, -0.25) is 4.57 Å². The lowest BCUT2D eigenvalue weighted by Crippen LogP contribution is -2.47. The van der Waals surface area contributed by atoms with E-state index in [0.717, 1.165) is 32.4 Å². The average Bonchev–Trinajstić information content (AvgIpc) is 3.38. The van der Waals surface area contributed by atoms with Crippen molar-refractivity contribution in [2.24, 2.45) is 5.73 Å². The minimum absolute atomic E-state index is 0.0998. The van der Waals surface area contributed by atoms with Crippen molar-refractivity contribution >= 4 is 34.9 Å². The number of nitrogens with two attached hydrogens (primary N) is 1. The zero-order chi connectivity index (χ0) is 27.4. The molecule has 2 N–H and O–H groups in total. The molecule has 39 heavy (non-hydrogen) atoms. The molecule has 0 aliphatic carbocycles. The van der Waals surface area contributed by atoms with E-state index in [9.17, 15) is 8.78 Å². The number of para-hydroxylation sites is 1. The Morgan fingerprint density at radius 2 is 1.95 bits per heavy atom. The van der Waals surface area contributed by atoms with E-state index in [2.05, 4.69) is 20.4 Å². The van der Waals surface area contributed by atoms with Crippen molar-refractivity contribution in [3.8, 4) is 11.7 Å². The fraction of sp³-hybridized carbons (Fsp3) is 0.600. The first kappa shape index (κ1) is 27.7. The molecule has 11 nitrogen and oxygen atoms in total. The molecule has 0 amide bonds. The SMILES string of the molecule is COc1cccc2c1nc(C(F)F)n2-c1nc(N2CCOCC2)nc(N(CCCN)C2CCCN(SC)C2)n1. The molecule has 0 spiro atoms. The summed E-state index contributed by atoms with van der Waals surface area (Å²) in [6.45, 7) is 5.28. The molecule has 0 bridgehead atoms. The van der Waals surface area contributed by atoms with Crippen LogP contribution in [0.5, 0.6) is 5.75 Å². The number of rotatable bonds is 10. The highest BCUT2D eigenvalue weighted by Crippen LogP contribution is 2.33. The van der Waals surface area contributed by atoms with Gasteiger partial charge in [0.1, 0.15) is 11.3 Å². The van der Waals surface area contributed by atoms with Gasteiger partial charge in [0.25, 0.3) is 6.43 Å². The van der Waals surface area contributed by atoms with Crippen LogP contribution >= 0.6 is 11.9 Å². The van der Waals surface area contributed by atoms with Gasteiger partial charge in [-0.25, -0.2) is 18.1 Å².